The average Bonchev–Trinajstić information content (AvgIpc) is 2.28. The minimum absolute atomic E-state index is 0.266. The predicted molar refractivity (Wildman–Crippen MR) is 66.2 cm³/mol. The van der Waals surface area contributed by atoms with Crippen LogP contribution >= 0.6 is 0 Å². The number of rotatable bonds is 4. The molecule has 0 aliphatic carbocycles. The smallest absolute Gasteiger partial charge is 0.411 e. The molecule has 1 rings (SSSR count). The van der Waals surface area contributed by atoms with E-state index in [1.807, 2.05) is 19.9 Å². The lowest BCUT2D eigenvalue weighted by Gasteiger charge is -2.06. The highest BCUT2D eigenvalue weighted by Crippen LogP contribution is 2.16. The fourth-order valence-corrected chi connectivity index (χ4v) is 1.08. The third kappa shape index (κ3) is 5.06. The first-order valence-corrected chi connectivity index (χ1v) is 5.24. The van der Waals surface area contributed by atoms with Crippen LogP contribution in [0.25, 0.3) is 0 Å². The molecule has 0 aromatic heterocycles. The van der Waals surface area contributed by atoms with Gasteiger partial charge in [-0.2, -0.15) is 0 Å². The standard InChI is InChI=1S/C13H16NO3/c1-10(2)7-8-17-13(15)14-11-5-4-6-12(9-11)16-3/h5-7,9H,8H2,1-3H3,(H,14,15). The first-order valence-electron chi connectivity index (χ1n) is 5.24. The molecule has 4 heteroatoms. The molecule has 0 heterocycles. The summed E-state index contributed by atoms with van der Waals surface area (Å²) in [6.07, 6.45) is 1.33. The van der Waals surface area contributed by atoms with Gasteiger partial charge in [0.05, 0.1) is 7.11 Å². The van der Waals surface area contributed by atoms with Crippen molar-refractivity contribution < 1.29 is 14.3 Å². The van der Waals surface area contributed by atoms with Crippen molar-refractivity contribution in [2.24, 2.45) is 0 Å². The van der Waals surface area contributed by atoms with E-state index < -0.39 is 6.09 Å². The van der Waals surface area contributed by atoms with E-state index in [0.717, 1.165) is 5.57 Å². The van der Waals surface area contributed by atoms with Crippen LogP contribution in [0.5, 0.6) is 5.75 Å². The number of amides is 1. The summed E-state index contributed by atoms with van der Waals surface area (Å²) >= 11 is 0. The van der Waals surface area contributed by atoms with Gasteiger partial charge in [0.2, 0.25) is 0 Å². The molecule has 17 heavy (non-hydrogen) atoms. The van der Waals surface area contributed by atoms with Gasteiger partial charge in [-0.05, 0) is 38.1 Å². The molecule has 1 N–H and O–H groups in total. The Labute approximate surface area is 101 Å². The molecule has 1 radical (unpaired) electrons. The van der Waals surface area contributed by atoms with Gasteiger partial charge in [-0.3, -0.25) is 5.32 Å². The van der Waals surface area contributed by atoms with Crippen LogP contribution in [-0.4, -0.2) is 19.8 Å². The van der Waals surface area contributed by atoms with Crippen molar-refractivity contribution >= 4 is 11.8 Å². The zero-order valence-corrected chi connectivity index (χ0v) is 10.2. The predicted octanol–water partition coefficient (Wildman–Crippen LogP) is 3.01. The third-order valence-electron chi connectivity index (χ3n) is 1.95. The Morgan fingerprint density at radius 3 is 2.88 bits per heavy atom. The maximum Gasteiger partial charge on any atom is 0.411 e. The van der Waals surface area contributed by atoms with Gasteiger partial charge in [-0.1, -0.05) is 5.57 Å². The van der Waals surface area contributed by atoms with Crippen LogP contribution in [0.4, 0.5) is 10.5 Å². The minimum Gasteiger partial charge on any atom is -0.497 e. The highest BCUT2D eigenvalue weighted by Gasteiger charge is 2.02. The van der Waals surface area contributed by atoms with Crippen molar-refractivity contribution in [3.05, 3.63) is 35.9 Å². The topological polar surface area (TPSA) is 47.6 Å². The summed E-state index contributed by atoms with van der Waals surface area (Å²) in [5, 5.41) is 2.59. The summed E-state index contributed by atoms with van der Waals surface area (Å²) in [5.41, 5.74) is 1.69. The Kier molecular flexibility index (Phi) is 5.07. The molecule has 0 aliphatic heterocycles. The van der Waals surface area contributed by atoms with E-state index in [1.54, 1.807) is 25.3 Å². The summed E-state index contributed by atoms with van der Waals surface area (Å²) in [6.45, 7) is 4.15. The average molecular weight is 234 g/mol. The van der Waals surface area contributed by atoms with Gasteiger partial charge in [0.1, 0.15) is 12.4 Å². The van der Waals surface area contributed by atoms with Crippen molar-refractivity contribution in [3.8, 4) is 5.75 Å². The van der Waals surface area contributed by atoms with Crippen molar-refractivity contribution in [1.82, 2.24) is 0 Å². The molecular formula is C13H16NO3. The number of anilines is 1. The summed E-state index contributed by atoms with van der Waals surface area (Å²) in [4.78, 5) is 11.4. The van der Waals surface area contributed by atoms with Crippen molar-refractivity contribution in [1.29, 1.82) is 0 Å². The van der Waals surface area contributed by atoms with E-state index in [1.165, 1.54) is 0 Å². The number of carbonyl (C=O) groups excluding carboxylic acids is 1. The first-order chi connectivity index (χ1) is 8.11. The lowest BCUT2D eigenvalue weighted by atomic mass is 10.3. The van der Waals surface area contributed by atoms with Crippen molar-refractivity contribution in [2.75, 3.05) is 19.0 Å². The highest BCUT2D eigenvalue weighted by molar-refractivity contribution is 5.84. The van der Waals surface area contributed by atoms with Crippen LogP contribution in [0.2, 0.25) is 0 Å². The second-order valence-corrected chi connectivity index (χ2v) is 3.67. The van der Waals surface area contributed by atoms with Crippen molar-refractivity contribution in [3.63, 3.8) is 0 Å². The SMILES string of the molecule is COc1c[c]cc(NC(=O)OCC=C(C)C)c1. The Hall–Kier alpha value is -1.97. The molecule has 1 aromatic rings. The van der Waals surface area contributed by atoms with Gasteiger partial charge >= 0.3 is 6.09 Å². The Morgan fingerprint density at radius 1 is 1.47 bits per heavy atom. The van der Waals surface area contributed by atoms with Gasteiger partial charge in [0.25, 0.3) is 0 Å². The molecule has 0 unspecified atom stereocenters. The van der Waals surface area contributed by atoms with Gasteiger partial charge in [-0.25, -0.2) is 4.79 Å². The molecule has 1 amide bonds. The minimum atomic E-state index is -0.496. The van der Waals surface area contributed by atoms with Crippen LogP contribution in [0.3, 0.4) is 0 Å². The van der Waals surface area contributed by atoms with Crippen LogP contribution < -0.4 is 10.1 Å². The quantitative estimate of drug-likeness (QED) is 0.814. The number of benzene rings is 1. The molecule has 0 saturated heterocycles. The monoisotopic (exact) mass is 234 g/mol. The largest absolute Gasteiger partial charge is 0.497 e. The molecule has 0 spiro atoms. The van der Waals surface area contributed by atoms with E-state index in [9.17, 15) is 4.79 Å². The Bertz CT molecular complexity index is 409. The molecule has 1 aromatic carbocycles. The second kappa shape index (κ2) is 6.58. The van der Waals surface area contributed by atoms with Crippen LogP contribution in [0.15, 0.2) is 29.8 Å². The maximum absolute atomic E-state index is 11.4. The zero-order chi connectivity index (χ0) is 12.7. The van der Waals surface area contributed by atoms with E-state index in [0.29, 0.717) is 11.4 Å². The maximum atomic E-state index is 11.4. The fourth-order valence-electron chi connectivity index (χ4n) is 1.08. The molecular weight excluding hydrogens is 218 g/mol. The van der Waals surface area contributed by atoms with E-state index in [4.69, 9.17) is 9.47 Å². The number of hydrogen-bond donors (Lipinski definition) is 1. The number of carbonyl (C=O) groups is 1. The summed E-state index contributed by atoms with van der Waals surface area (Å²) in [7, 11) is 1.56. The molecule has 0 atom stereocenters. The molecule has 0 aliphatic rings. The van der Waals surface area contributed by atoms with Crippen LogP contribution in [-0.2, 0) is 4.74 Å². The number of hydrogen-bond acceptors (Lipinski definition) is 3. The lowest BCUT2D eigenvalue weighted by Crippen LogP contribution is -2.13. The van der Waals surface area contributed by atoms with Gasteiger partial charge in [0, 0.05) is 11.8 Å². The fraction of sp³-hybridized carbons (Fsp3) is 0.308. The normalized spacial score (nSPS) is 9.35. The molecule has 0 saturated carbocycles. The number of ether oxygens (including phenoxy) is 2. The van der Waals surface area contributed by atoms with E-state index in [-0.39, 0.29) is 6.61 Å². The molecule has 91 valence electrons. The zero-order valence-electron chi connectivity index (χ0n) is 10.2. The Balaban J connectivity index is 2.47. The number of allylic oxidation sites excluding steroid dienone is 1. The highest BCUT2D eigenvalue weighted by atomic mass is 16.5. The van der Waals surface area contributed by atoms with E-state index in [2.05, 4.69) is 11.4 Å². The lowest BCUT2D eigenvalue weighted by molar-refractivity contribution is 0.174. The molecule has 0 fully saturated rings. The second-order valence-electron chi connectivity index (χ2n) is 3.67. The molecule has 0 bridgehead atoms. The molecule has 4 nitrogen and oxygen atoms in total. The number of methoxy groups -OCH3 is 1. The summed E-state index contributed by atoms with van der Waals surface area (Å²) in [6, 6.07) is 7.87. The van der Waals surface area contributed by atoms with Crippen LogP contribution in [0.1, 0.15) is 13.8 Å². The van der Waals surface area contributed by atoms with E-state index >= 15 is 0 Å². The Morgan fingerprint density at radius 2 is 2.24 bits per heavy atom. The van der Waals surface area contributed by atoms with Gasteiger partial charge in [0.15, 0.2) is 0 Å². The van der Waals surface area contributed by atoms with Crippen molar-refractivity contribution in [2.45, 2.75) is 13.8 Å². The third-order valence-corrected chi connectivity index (χ3v) is 1.95. The van der Waals surface area contributed by atoms with Gasteiger partial charge < -0.3 is 9.47 Å². The van der Waals surface area contributed by atoms with Gasteiger partial charge in [-0.15, -0.1) is 0 Å². The first kappa shape index (κ1) is 13.1. The number of nitrogens with one attached hydrogen (secondary N) is 1. The summed E-state index contributed by atoms with van der Waals surface area (Å²) in [5.74, 6) is 0.632. The van der Waals surface area contributed by atoms with Crippen LogP contribution in [0, 0.1) is 6.07 Å². The summed E-state index contributed by atoms with van der Waals surface area (Å²) < 4.78 is 9.97.